The van der Waals surface area contributed by atoms with Crippen LogP contribution in [0, 0.1) is 13.8 Å². The summed E-state index contributed by atoms with van der Waals surface area (Å²) in [6.07, 6.45) is 0. The summed E-state index contributed by atoms with van der Waals surface area (Å²) in [5.74, 6) is 0.951. The van der Waals surface area contributed by atoms with Crippen molar-refractivity contribution in [1.82, 2.24) is 28.1 Å². The molecule has 0 saturated heterocycles. The standard InChI is InChI=1S/C32H20BN3O.C29H16BN5O2.C2H6/c1-19-28(20-9-3-2-4-10-20)32(37)36-33-24-14-5-6-15-25(24)34-26-16-8-12-21-11-7-13-22(29(21)26)23-17-18-27(35(19)36)30(33)31(23)34;1-15-31-18-9-6-11-21-26(18)32(15)22-14-13-20-24-27(22)33(21)19-10-4-3-8-17(19)30(24)35-29(36)28-25(34(20)35)16-7-2-5-12-23(16)37-28;1-2/h2-18H,1H3;2-14H,1H3;1-2H3. The van der Waals surface area contributed by atoms with Crippen LogP contribution >= 0.6 is 0 Å². The molecule has 0 radical (unpaired) electrons. The highest BCUT2D eigenvalue weighted by molar-refractivity contribution is 6.89. The number of aromatic nitrogens is 6. The highest BCUT2D eigenvalue weighted by atomic mass is 16.3. The number of hydrogen-bond acceptors (Lipinski definition) is 6. The number of imidazole rings is 1. The molecule has 0 atom stereocenters. The Labute approximate surface area is 435 Å². The van der Waals surface area contributed by atoms with Crippen molar-refractivity contribution in [2.75, 3.05) is 9.80 Å². The molecule has 13 heteroatoms. The van der Waals surface area contributed by atoms with Gasteiger partial charge in [0, 0.05) is 44.3 Å². The largest absolute Gasteiger partial charge is 0.448 e. The van der Waals surface area contributed by atoms with Crippen LogP contribution in [0.3, 0.4) is 0 Å². The summed E-state index contributed by atoms with van der Waals surface area (Å²) >= 11 is 0. The summed E-state index contributed by atoms with van der Waals surface area (Å²) in [5, 5.41) is 3.47. The first-order valence-corrected chi connectivity index (χ1v) is 26.1. The van der Waals surface area contributed by atoms with Gasteiger partial charge in [-0.3, -0.25) is 32.7 Å². The Hall–Kier alpha value is -9.74. The van der Waals surface area contributed by atoms with Crippen molar-refractivity contribution in [3.8, 4) is 39.3 Å². The Morgan fingerprint density at radius 1 is 0.487 bits per heavy atom. The molecule has 0 saturated carbocycles. The highest BCUT2D eigenvalue weighted by Gasteiger charge is 2.50. The molecule has 0 bridgehead atoms. The molecule has 19 rings (SSSR count). The van der Waals surface area contributed by atoms with E-state index in [1.54, 1.807) is 0 Å². The van der Waals surface area contributed by atoms with E-state index in [1.807, 2.05) is 77.6 Å². The summed E-state index contributed by atoms with van der Waals surface area (Å²) in [4.78, 5) is 37.9. The van der Waals surface area contributed by atoms with Gasteiger partial charge in [-0.1, -0.05) is 135 Å². The summed E-state index contributed by atoms with van der Waals surface area (Å²) < 4.78 is 16.5. The van der Waals surface area contributed by atoms with E-state index in [0.29, 0.717) is 5.58 Å². The lowest BCUT2D eigenvalue weighted by Crippen LogP contribution is -2.55. The van der Waals surface area contributed by atoms with Gasteiger partial charge in [-0.25, -0.2) is 4.98 Å². The minimum Gasteiger partial charge on any atom is -0.448 e. The molecule has 6 aliphatic rings. The molecule has 10 heterocycles. The number of anilines is 6. The fourth-order valence-corrected chi connectivity index (χ4v) is 14.1. The predicted molar refractivity (Wildman–Crippen MR) is 308 cm³/mol. The third kappa shape index (κ3) is 4.81. The van der Waals surface area contributed by atoms with Gasteiger partial charge in [-0.05, 0) is 102 Å². The number of para-hydroxylation sites is 4. The number of nitrogens with zero attached hydrogens (tertiary/aromatic N) is 8. The first-order chi connectivity index (χ1) is 37.5. The van der Waals surface area contributed by atoms with E-state index in [0.717, 1.165) is 106 Å². The van der Waals surface area contributed by atoms with Crippen LogP contribution in [0.1, 0.15) is 25.4 Å². The van der Waals surface area contributed by atoms with Gasteiger partial charge in [-0.2, -0.15) is 0 Å². The molecule has 0 N–H and O–H groups in total. The molecule has 0 fully saturated rings. The number of hydrogen-bond donors (Lipinski definition) is 0. The van der Waals surface area contributed by atoms with Crippen LogP contribution < -0.4 is 42.8 Å². The summed E-state index contributed by atoms with van der Waals surface area (Å²) in [6.45, 7) is 7.70. The molecule has 13 aromatic rings. The van der Waals surface area contributed by atoms with Gasteiger partial charge in [-0.15, -0.1) is 0 Å². The minimum absolute atomic E-state index is 0.0558. The van der Waals surface area contributed by atoms with Gasteiger partial charge in [0.15, 0.2) is 0 Å². The Morgan fingerprint density at radius 2 is 1.09 bits per heavy atom. The zero-order chi connectivity index (χ0) is 50.6. The molecular weight excluding hydrogens is 938 g/mol. The van der Waals surface area contributed by atoms with Gasteiger partial charge in [0.1, 0.15) is 16.9 Å². The lowest BCUT2D eigenvalue weighted by atomic mass is 9.48. The van der Waals surface area contributed by atoms with E-state index in [1.165, 1.54) is 38.7 Å². The number of fused-ring (bicyclic) bond motifs is 20. The van der Waals surface area contributed by atoms with Crippen molar-refractivity contribution in [2.45, 2.75) is 27.7 Å². The van der Waals surface area contributed by atoms with Gasteiger partial charge in [0.25, 0.3) is 11.1 Å². The number of benzene rings is 9. The second-order valence-corrected chi connectivity index (χ2v) is 20.2. The predicted octanol–water partition coefficient (Wildman–Crippen LogP) is 10.8. The lowest BCUT2D eigenvalue weighted by molar-refractivity contribution is 0.663. The summed E-state index contributed by atoms with van der Waals surface area (Å²) in [7, 11) is 0. The van der Waals surface area contributed by atoms with E-state index in [9.17, 15) is 9.59 Å². The number of furan rings is 1. The molecular formula is C63H42B2N8O3. The van der Waals surface area contributed by atoms with Crippen molar-refractivity contribution < 1.29 is 4.42 Å². The Kier molecular flexibility index (Phi) is 7.96. The van der Waals surface area contributed by atoms with E-state index in [4.69, 9.17) is 9.40 Å². The second kappa shape index (κ2) is 14.5. The van der Waals surface area contributed by atoms with Gasteiger partial charge < -0.3 is 14.2 Å². The molecule has 358 valence electrons. The average molecular weight is 981 g/mol. The molecule has 11 nitrogen and oxygen atoms in total. The zero-order valence-electron chi connectivity index (χ0n) is 41.8. The zero-order valence-corrected chi connectivity index (χ0v) is 41.8. The van der Waals surface area contributed by atoms with Crippen LogP contribution in [0.2, 0.25) is 0 Å². The third-order valence-electron chi connectivity index (χ3n) is 16.7. The van der Waals surface area contributed by atoms with Crippen molar-refractivity contribution in [1.29, 1.82) is 0 Å². The topological polar surface area (TPSA) is 91.3 Å². The quantitative estimate of drug-likeness (QED) is 0.152. The molecule has 0 unspecified atom stereocenters. The Morgan fingerprint density at radius 3 is 1.88 bits per heavy atom. The van der Waals surface area contributed by atoms with Gasteiger partial charge in [0.2, 0.25) is 5.58 Å². The van der Waals surface area contributed by atoms with Crippen LogP contribution in [-0.4, -0.2) is 41.8 Å². The average Bonchev–Trinajstić information content (AvgIpc) is 4.48. The minimum atomic E-state index is -0.254. The molecule has 9 aromatic carbocycles. The van der Waals surface area contributed by atoms with Gasteiger partial charge >= 0.3 is 13.7 Å². The SMILES string of the molecule is CC.Cc1c(-c2ccccc2)c(=O)n2n1-c1ccc3c4c1B2c1ccccc1N4c1cccc2cccc-3c12.Cc1nc2cccc3c2n1-c1ccc2c4c1N3c1ccccc1B4n1c(=O)c3oc4ccccc4c3n1-2. The second-order valence-electron chi connectivity index (χ2n) is 20.2. The summed E-state index contributed by atoms with van der Waals surface area (Å²) in [5.41, 5.74) is 23.8. The fraction of sp³-hybridized carbons (Fsp3) is 0.0635. The molecule has 4 aromatic heterocycles. The number of rotatable bonds is 1. The smallest absolute Gasteiger partial charge is 0.358 e. The number of aryl methyl sites for hydroxylation is 1. The molecule has 0 aliphatic carbocycles. The maximum atomic E-state index is 14.2. The van der Waals surface area contributed by atoms with Crippen LogP contribution in [-0.2, 0) is 0 Å². The molecule has 76 heavy (non-hydrogen) atoms. The van der Waals surface area contributed by atoms with Crippen LogP contribution in [0.25, 0.3) is 83.2 Å². The third-order valence-corrected chi connectivity index (χ3v) is 16.7. The van der Waals surface area contributed by atoms with E-state index >= 15 is 0 Å². The van der Waals surface area contributed by atoms with E-state index in [2.05, 4.69) is 165 Å². The van der Waals surface area contributed by atoms with Crippen molar-refractivity contribution in [2.24, 2.45) is 0 Å². The molecule has 6 aliphatic heterocycles. The van der Waals surface area contributed by atoms with Crippen LogP contribution in [0.15, 0.2) is 196 Å². The first kappa shape index (κ1) is 41.7. The van der Waals surface area contributed by atoms with E-state index in [-0.39, 0.29) is 24.8 Å². The maximum Gasteiger partial charge on any atom is 0.358 e. The lowest BCUT2D eigenvalue weighted by Gasteiger charge is -2.40. The van der Waals surface area contributed by atoms with Crippen molar-refractivity contribution >= 4 is 114 Å². The molecule has 0 spiro atoms. The van der Waals surface area contributed by atoms with Crippen LogP contribution in [0.5, 0.6) is 0 Å². The Balaban J connectivity index is 0.000000120. The van der Waals surface area contributed by atoms with E-state index < -0.39 is 0 Å². The van der Waals surface area contributed by atoms with Crippen LogP contribution in [0.4, 0.5) is 34.1 Å². The molecule has 0 amide bonds. The Bertz CT molecular complexity index is 4920. The summed E-state index contributed by atoms with van der Waals surface area (Å²) in [6, 6.07) is 63.2. The van der Waals surface area contributed by atoms with Crippen molar-refractivity contribution in [3.05, 3.63) is 214 Å². The monoisotopic (exact) mass is 980 g/mol. The highest BCUT2D eigenvalue weighted by Crippen LogP contribution is 2.53. The maximum absolute atomic E-state index is 14.2. The van der Waals surface area contributed by atoms with Gasteiger partial charge in [0.05, 0.1) is 56.4 Å². The van der Waals surface area contributed by atoms with Crippen molar-refractivity contribution in [3.63, 3.8) is 0 Å². The first-order valence-electron chi connectivity index (χ1n) is 26.1. The normalized spacial score (nSPS) is 13.5. The fourth-order valence-electron chi connectivity index (χ4n) is 14.1.